The molecule has 2 aromatic heterocycles. The molecule has 23 heavy (non-hydrogen) atoms. The molecule has 0 saturated carbocycles. The van der Waals surface area contributed by atoms with E-state index in [-0.39, 0.29) is 12.0 Å². The molecule has 1 atom stereocenters. The van der Waals surface area contributed by atoms with E-state index in [0.29, 0.717) is 18.7 Å². The molecule has 3 rings (SSSR count). The van der Waals surface area contributed by atoms with Crippen LogP contribution in [0.2, 0.25) is 0 Å². The average Bonchev–Trinajstić information content (AvgIpc) is 3.11. The molecule has 120 valence electrons. The van der Waals surface area contributed by atoms with Gasteiger partial charge in [-0.15, -0.1) is 11.3 Å². The molecule has 1 aromatic carbocycles. The number of nitrogens with two attached hydrogens (primary N) is 1. The average molecular weight is 329 g/mol. The van der Waals surface area contributed by atoms with Gasteiger partial charge in [0, 0.05) is 34.4 Å². The van der Waals surface area contributed by atoms with E-state index < -0.39 is 0 Å². The maximum Gasteiger partial charge on any atom is 0.358 e. The molecule has 0 amide bonds. The van der Waals surface area contributed by atoms with Gasteiger partial charge in [0.2, 0.25) is 0 Å². The first-order valence-electron chi connectivity index (χ1n) is 7.55. The number of benzene rings is 1. The molecule has 2 heterocycles. The van der Waals surface area contributed by atoms with Crippen LogP contribution in [-0.4, -0.2) is 22.5 Å². The molecule has 3 aromatic rings. The lowest BCUT2D eigenvalue weighted by atomic mass is 10.0. The topological polar surface area (TPSA) is 81.0 Å². The summed E-state index contributed by atoms with van der Waals surface area (Å²) in [7, 11) is 0. The number of hydrogen-bond donors (Lipinski definition) is 2. The lowest BCUT2D eigenvalue weighted by Crippen LogP contribution is -2.13. The number of aromatic amines is 1. The van der Waals surface area contributed by atoms with Crippen molar-refractivity contribution in [2.24, 2.45) is 5.73 Å². The third kappa shape index (κ3) is 3.13. The number of H-pyrrole nitrogens is 1. The van der Waals surface area contributed by atoms with E-state index in [1.54, 1.807) is 6.92 Å². The summed E-state index contributed by atoms with van der Waals surface area (Å²) in [5.74, 6) is -0.367. The number of aryl methyl sites for hydroxylation is 1. The van der Waals surface area contributed by atoms with Crippen LogP contribution in [0.15, 0.2) is 30.5 Å². The summed E-state index contributed by atoms with van der Waals surface area (Å²) in [6.45, 7) is 4.01. The first-order valence-corrected chi connectivity index (χ1v) is 8.36. The van der Waals surface area contributed by atoms with Gasteiger partial charge < -0.3 is 15.5 Å². The van der Waals surface area contributed by atoms with Crippen LogP contribution in [-0.2, 0) is 11.2 Å². The summed E-state index contributed by atoms with van der Waals surface area (Å²) in [4.78, 5) is 20.4. The Morgan fingerprint density at radius 2 is 2.22 bits per heavy atom. The molecule has 3 N–H and O–H groups in total. The van der Waals surface area contributed by atoms with Crippen molar-refractivity contribution in [3.05, 3.63) is 51.6 Å². The number of carbonyl (C=O) groups is 1. The molecule has 6 heteroatoms. The molecule has 0 saturated heterocycles. The van der Waals surface area contributed by atoms with Gasteiger partial charge in [-0.25, -0.2) is 9.78 Å². The first kappa shape index (κ1) is 15.7. The van der Waals surface area contributed by atoms with Gasteiger partial charge >= 0.3 is 5.97 Å². The van der Waals surface area contributed by atoms with E-state index in [4.69, 9.17) is 10.5 Å². The Bertz CT molecular complexity index is 837. The van der Waals surface area contributed by atoms with Crippen LogP contribution >= 0.6 is 11.3 Å². The second-order valence-corrected chi connectivity index (χ2v) is 6.62. The molecule has 0 aliphatic heterocycles. The Kier molecular flexibility index (Phi) is 4.45. The highest BCUT2D eigenvalue weighted by atomic mass is 32.1. The van der Waals surface area contributed by atoms with Gasteiger partial charge in [0.15, 0.2) is 5.69 Å². The number of nitrogens with one attached hydrogen (secondary N) is 1. The zero-order valence-electron chi connectivity index (χ0n) is 13.1. The van der Waals surface area contributed by atoms with Crippen molar-refractivity contribution in [3.63, 3.8) is 0 Å². The quantitative estimate of drug-likeness (QED) is 0.703. The van der Waals surface area contributed by atoms with Crippen LogP contribution in [0.3, 0.4) is 0 Å². The number of ether oxygens (including phenoxy) is 1. The van der Waals surface area contributed by atoms with Crippen molar-refractivity contribution in [3.8, 4) is 0 Å². The Balaban J connectivity index is 1.82. The van der Waals surface area contributed by atoms with Gasteiger partial charge in [-0.05, 0) is 25.5 Å². The van der Waals surface area contributed by atoms with Crippen LogP contribution in [0, 0.1) is 6.92 Å². The smallest absolute Gasteiger partial charge is 0.358 e. The van der Waals surface area contributed by atoms with Gasteiger partial charge in [-0.1, -0.05) is 18.2 Å². The third-order valence-corrected chi connectivity index (χ3v) is 4.72. The lowest BCUT2D eigenvalue weighted by Gasteiger charge is -2.08. The summed E-state index contributed by atoms with van der Waals surface area (Å²) < 4.78 is 5.03. The lowest BCUT2D eigenvalue weighted by molar-refractivity contribution is 0.0519. The molecule has 0 aliphatic carbocycles. The second-order valence-electron chi connectivity index (χ2n) is 5.33. The Morgan fingerprint density at radius 1 is 1.43 bits per heavy atom. The van der Waals surface area contributed by atoms with E-state index in [0.717, 1.165) is 26.4 Å². The normalized spacial score (nSPS) is 12.5. The highest BCUT2D eigenvalue weighted by molar-refractivity contribution is 7.11. The van der Waals surface area contributed by atoms with Crippen molar-refractivity contribution >= 4 is 28.2 Å². The van der Waals surface area contributed by atoms with Gasteiger partial charge in [0.1, 0.15) is 0 Å². The Labute approximate surface area is 138 Å². The number of hydrogen-bond acceptors (Lipinski definition) is 5. The summed E-state index contributed by atoms with van der Waals surface area (Å²) in [6.07, 6.45) is 2.54. The van der Waals surface area contributed by atoms with Gasteiger partial charge in [0.05, 0.1) is 11.6 Å². The fraction of sp³-hybridized carbons (Fsp3) is 0.294. The van der Waals surface area contributed by atoms with Crippen molar-refractivity contribution in [1.29, 1.82) is 0 Å². The van der Waals surface area contributed by atoms with Crippen LogP contribution in [0.4, 0.5) is 0 Å². The summed E-state index contributed by atoms with van der Waals surface area (Å²) in [5, 5.41) is 1.97. The SMILES string of the molecule is CCOC(=O)c1nc(CC(N)c2c[nH]c3ccccc23)sc1C. The predicted octanol–water partition coefficient (Wildman–Crippen LogP) is 3.35. The van der Waals surface area contributed by atoms with E-state index in [1.165, 1.54) is 11.3 Å². The predicted molar refractivity (Wildman–Crippen MR) is 91.7 cm³/mol. The summed E-state index contributed by atoms with van der Waals surface area (Å²) in [6, 6.07) is 7.89. The number of carbonyl (C=O) groups excluding carboxylic acids is 1. The van der Waals surface area contributed by atoms with Crippen LogP contribution in [0.1, 0.15) is 38.9 Å². The Morgan fingerprint density at radius 3 is 3.00 bits per heavy atom. The minimum atomic E-state index is -0.367. The number of esters is 1. The number of nitrogens with zero attached hydrogens (tertiary/aromatic N) is 1. The van der Waals surface area contributed by atoms with E-state index in [1.807, 2.05) is 31.3 Å². The van der Waals surface area contributed by atoms with Crippen molar-refractivity contribution < 1.29 is 9.53 Å². The van der Waals surface area contributed by atoms with E-state index >= 15 is 0 Å². The second kappa shape index (κ2) is 6.52. The minimum absolute atomic E-state index is 0.174. The molecule has 5 nitrogen and oxygen atoms in total. The maximum absolute atomic E-state index is 11.9. The number of rotatable bonds is 5. The molecule has 1 unspecified atom stereocenters. The largest absolute Gasteiger partial charge is 0.461 e. The van der Waals surface area contributed by atoms with Crippen molar-refractivity contribution in [2.45, 2.75) is 26.3 Å². The zero-order chi connectivity index (χ0) is 16.4. The summed E-state index contributed by atoms with van der Waals surface area (Å²) >= 11 is 1.50. The third-order valence-electron chi connectivity index (χ3n) is 3.72. The van der Waals surface area contributed by atoms with Gasteiger partial charge in [-0.2, -0.15) is 0 Å². The molecule has 0 bridgehead atoms. The van der Waals surface area contributed by atoms with E-state index in [2.05, 4.69) is 16.0 Å². The molecule has 0 aliphatic rings. The number of thiazole rings is 1. The van der Waals surface area contributed by atoms with Crippen LogP contribution in [0.25, 0.3) is 10.9 Å². The number of para-hydroxylation sites is 1. The van der Waals surface area contributed by atoms with Crippen molar-refractivity contribution in [2.75, 3.05) is 6.61 Å². The van der Waals surface area contributed by atoms with Crippen molar-refractivity contribution in [1.82, 2.24) is 9.97 Å². The standard InChI is InChI=1S/C17H19N3O2S/c1-3-22-17(21)16-10(2)23-15(20-16)8-13(18)12-9-19-14-7-5-4-6-11(12)14/h4-7,9,13,19H,3,8,18H2,1-2H3. The zero-order valence-corrected chi connectivity index (χ0v) is 13.9. The van der Waals surface area contributed by atoms with Gasteiger partial charge in [0.25, 0.3) is 0 Å². The minimum Gasteiger partial charge on any atom is -0.461 e. The summed E-state index contributed by atoms with van der Waals surface area (Å²) in [5.41, 5.74) is 8.89. The Hall–Kier alpha value is -2.18. The monoisotopic (exact) mass is 329 g/mol. The number of aromatic nitrogens is 2. The molecule has 0 radical (unpaired) electrons. The highest BCUT2D eigenvalue weighted by Crippen LogP contribution is 2.27. The molecule has 0 fully saturated rings. The fourth-order valence-corrected chi connectivity index (χ4v) is 3.61. The highest BCUT2D eigenvalue weighted by Gasteiger charge is 2.19. The molecular formula is C17H19N3O2S. The van der Waals surface area contributed by atoms with Gasteiger partial charge in [-0.3, -0.25) is 0 Å². The van der Waals surface area contributed by atoms with E-state index in [9.17, 15) is 4.79 Å². The maximum atomic E-state index is 11.9. The molecule has 0 spiro atoms. The molecular weight excluding hydrogens is 310 g/mol. The fourth-order valence-electron chi connectivity index (χ4n) is 2.63. The van der Waals surface area contributed by atoms with Crippen LogP contribution < -0.4 is 5.73 Å². The first-order chi connectivity index (χ1) is 11.1. The number of fused-ring (bicyclic) bond motifs is 1. The van der Waals surface area contributed by atoms with Crippen LogP contribution in [0.5, 0.6) is 0 Å².